The van der Waals surface area contributed by atoms with E-state index in [-0.39, 0.29) is 7.43 Å². The van der Waals surface area contributed by atoms with Gasteiger partial charge in [0.15, 0.2) is 0 Å². The van der Waals surface area contributed by atoms with E-state index in [1.165, 1.54) is 22.3 Å². The van der Waals surface area contributed by atoms with Crippen molar-refractivity contribution in [1.82, 2.24) is 0 Å². The van der Waals surface area contributed by atoms with E-state index in [1.807, 2.05) is 0 Å². The Balaban J connectivity index is 0.000000324. The Labute approximate surface area is 134 Å². The third-order valence-electron chi connectivity index (χ3n) is 2.81. The summed E-state index contributed by atoms with van der Waals surface area (Å²) in [5.41, 5.74) is 5.46. The summed E-state index contributed by atoms with van der Waals surface area (Å²) in [7, 11) is 0. The quantitative estimate of drug-likeness (QED) is 0.523. The Morgan fingerprint density at radius 1 is 0.684 bits per heavy atom. The van der Waals surface area contributed by atoms with Gasteiger partial charge in [-0.05, 0) is 36.1 Å². The molecule has 2 rings (SSSR count). The molecule has 0 aliphatic carbocycles. The fourth-order valence-electron chi connectivity index (χ4n) is 1.52. The highest BCUT2D eigenvalue weighted by Gasteiger charge is 1.91. The summed E-state index contributed by atoms with van der Waals surface area (Å²) in [5.74, 6) is 0. The van der Waals surface area contributed by atoms with E-state index in [0.29, 0.717) is 0 Å². The van der Waals surface area contributed by atoms with Crippen LogP contribution >= 0.6 is 31.9 Å². The molecule has 2 aromatic carbocycles. The normalized spacial score (nSPS) is 9.05. The topological polar surface area (TPSA) is 0 Å². The molecule has 0 atom stereocenters. The molecule has 19 heavy (non-hydrogen) atoms. The van der Waals surface area contributed by atoms with Gasteiger partial charge in [0, 0.05) is 10.7 Å². The van der Waals surface area contributed by atoms with Gasteiger partial charge in [0.25, 0.3) is 0 Å². The number of hydrogen-bond donors (Lipinski definition) is 0. The zero-order valence-corrected chi connectivity index (χ0v) is 14.0. The molecule has 104 valence electrons. The predicted molar refractivity (Wildman–Crippen MR) is 94.4 cm³/mol. The van der Waals surface area contributed by atoms with Crippen LogP contribution in [0.3, 0.4) is 0 Å². The zero-order valence-electron chi connectivity index (χ0n) is 10.8. The van der Waals surface area contributed by atoms with Crippen molar-refractivity contribution in [3.05, 3.63) is 70.8 Å². The van der Waals surface area contributed by atoms with E-state index in [9.17, 15) is 0 Å². The van der Waals surface area contributed by atoms with Gasteiger partial charge >= 0.3 is 0 Å². The highest BCUT2D eigenvalue weighted by Crippen LogP contribution is 2.10. The maximum Gasteiger partial charge on any atom is 0.0285 e. The first kappa shape index (κ1) is 18.4. The summed E-state index contributed by atoms with van der Waals surface area (Å²) < 4.78 is 0. The Morgan fingerprint density at radius 2 is 1.00 bits per heavy atom. The molecule has 2 aromatic rings. The fourth-order valence-corrected chi connectivity index (χ4v) is 2.78. The van der Waals surface area contributed by atoms with Gasteiger partial charge in [-0.2, -0.15) is 0 Å². The van der Waals surface area contributed by atoms with Gasteiger partial charge in [0.2, 0.25) is 0 Å². The molecule has 0 aromatic heterocycles. The van der Waals surface area contributed by atoms with Crippen molar-refractivity contribution < 1.29 is 0 Å². The van der Waals surface area contributed by atoms with Crippen LogP contribution in [-0.2, 0) is 10.7 Å². The molecule has 0 saturated carbocycles. The highest BCUT2D eigenvalue weighted by molar-refractivity contribution is 9.08. The standard InChI is InChI=1S/2C8H9Br.CH4/c2*1-7-4-2-3-5-8(7)6-9;/h2*2-5H,6H2,1H3;1H4. The van der Waals surface area contributed by atoms with Crippen molar-refractivity contribution >= 4 is 31.9 Å². The minimum absolute atomic E-state index is 0. The van der Waals surface area contributed by atoms with E-state index in [4.69, 9.17) is 0 Å². The molecule has 0 aliphatic rings. The van der Waals surface area contributed by atoms with Crippen molar-refractivity contribution in [2.24, 2.45) is 0 Å². The minimum atomic E-state index is 0. The van der Waals surface area contributed by atoms with Gasteiger partial charge < -0.3 is 0 Å². The second-order valence-electron chi connectivity index (χ2n) is 4.12. The van der Waals surface area contributed by atoms with Crippen LogP contribution in [0, 0.1) is 13.8 Å². The molecule has 0 amide bonds. The first-order chi connectivity index (χ1) is 8.69. The predicted octanol–water partition coefficient (Wildman–Crippen LogP) is 6.42. The number of halogens is 2. The van der Waals surface area contributed by atoms with E-state index in [0.717, 1.165) is 10.7 Å². The van der Waals surface area contributed by atoms with E-state index < -0.39 is 0 Å². The van der Waals surface area contributed by atoms with Gasteiger partial charge in [-0.1, -0.05) is 87.8 Å². The lowest BCUT2D eigenvalue weighted by atomic mass is 10.1. The van der Waals surface area contributed by atoms with E-state index in [2.05, 4.69) is 94.2 Å². The fraction of sp³-hybridized carbons (Fsp3) is 0.294. The minimum Gasteiger partial charge on any atom is -0.0876 e. The Morgan fingerprint density at radius 3 is 1.21 bits per heavy atom. The molecule has 0 aliphatic heterocycles. The molecule has 0 N–H and O–H groups in total. The number of rotatable bonds is 2. The number of hydrogen-bond acceptors (Lipinski definition) is 0. The third-order valence-corrected chi connectivity index (χ3v) is 4.02. The second-order valence-corrected chi connectivity index (χ2v) is 5.24. The average Bonchev–Trinajstić information content (AvgIpc) is 2.41. The number of benzene rings is 2. The molecular formula is C17H22Br2. The lowest BCUT2D eigenvalue weighted by Crippen LogP contribution is -1.80. The largest absolute Gasteiger partial charge is 0.0876 e. The molecule has 0 heterocycles. The van der Waals surface area contributed by atoms with Gasteiger partial charge in [0.05, 0.1) is 0 Å². The van der Waals surface area contributed by atoms with Crippen LogP contribution in [0.2, 0.25) is 0 Å². The molecular weight excluding hydrogens is 364 g/mol. The Kier molecular flexibility index (Phi) is 9.90. The van der Waals surface area contributed by atoms with Gasteiger partial charge in [-0.25, -0.2) is 0 Å². The maximum absolute atomic E-state index is 3.41. The summed E-state index contributed by atoms with van der Waals surface area (Å²) in [6, 6.07) is 16.7. The molecule has 0 spiro atoms. The van der Waals surface area contributed by atoms with Crippen LogP contribution in [0.5, 0.6) is 0 Å². The van der Waals surface area contributed by atoms with Crippen LogP contribution in [-0.4, -0.2) is 0 Å². The molecule has 0 unspecified atom stereocenters. The van der Waals surface area contributed by atoms with Crippen molar-refractivity contribution in [3.8, 4) is 0 Å². The van der Waals surface area contributed by atoms with Crippen molar-refractivity contribution in [1.29, 1.82) is 0 Å². The summed E-state index contributed by atoms with van der Waals surface area (Å²) in [5, 5.41) is 1.92. The van der Waals surface area contributed by atoms with Crippen molar-refractivity contribution in [2.45, 2.75) is 31.9 Å². The van der Waals surface area contributed by atoms with Gasteiger partial charge in [0.1, 0.15) is 0 Å². The lowest BCUT2D eigenvalue weighted by molar-refractivity contribution is 1.32. The Hall–Kier alpha value is -0.600. The summed E-state index contributed by atoms with van der Waals surface area (Å²) in [6.07, 6.45) is 0. The second kappa shape index (κ2) is 10.2. The average molecular weight is 386 g/mol. The summed E-state index contributed by atoms with van der Waals surface area (Å²) in [6.45, 7) is 4.24. The van der Waals surface area contributed by atoms with Crippen molar-refractivity contribution in [2.75, 3.05) is 0 Å². The molecule has 2 heteroatoms. The lowest BCUT2D eigenvalue weighted by Gasteiger charge is -1.97. The third kappa shape index (κ3) is 6.40. The van der Waals surface area contributed by atoms with Crippen LogP contribution in [0.4, 0.5) is 0 Å². The van der Waals surface area contributed by atoms with E-state index >= 15 is 0 Å². The number of alkyl halides is 2. The summed E-state index contributed by atoms with van der Waals surface area (Å²) >= 11 is 6.82. The first-order valence-corrected chi connectivity index (χ1v) is 8.14. The molecule has 0 fully saturated rings. The monoisotopic (exact) mass is 384 g/mol. The number of aryl methyl sites for hydroxylation is 2. The van der Waals surface area contributed by atoms with Gasteiger partial charge in [-0.15, -0.1) is 0 Å². The van der Waals surface area contributed by atoms with Crippen LogP contribution < -0.4 is 0 Å². The molecule has 0 saturated heterocycles. The van der Waals surface area contributed by atoms with E-state index in [1.54, 1.807) is 0 Å². The molecule has 0 bridgehead atoms. The zero-order chi connectivity index (χ0) is 13.4. The molecule has 0 nitrogen and oxygen atoms in total. The van der Waals surface area contributed by atoms with Crippen LogP contribution in [0.25, 0.3) is 0 Å². The highest BCUT2D eigenvalue weighted by atomic mass is 79.9. The molecule has 0 radical (unpaired) electrons. The SMILES string of the molecule is C.Cc1ccccc1CBr.Cc1ccccc1CBr. The smallest absolute Gasteiger partial charge is 0.0285 e. The first-order valence-electron chi connectivity index (χ1n) is 5.90. The van der Waals surface area contributed by atoms with Crippen LogP contribution in [0.15, 0.2) is 48.5 Å². The van der Waals surface area contributed by atoms with Crippen LogP contribution in [0.1, 0.15) is 29.7 Å². The van der Waals surface area contributed by atoms with Crippen molar-refractivity contribution in [3.63, 3.8) is 0 Å². The maximum atomic E-state index is 3.41. The van der Waals surface area contributed by atoms with Gasteiger partial charge in [-0.3, -0.25) is 0 Å². The Bertz CT molecular complexity index is 433. The summed E-state index contributed by atoms with van der Waals surface area (Å²) in [4.78, 5) is 0.